The Labute approximate surface area is 86.8 Å². The van der Waals surface area contributed by atoms with E-state index in [4.69, 9.17) is 5.11 Å². The van der Waals surface area contributed by atoms with Crippen LogP contribution >= 0.6 is 20.1 Å². The van der Waals surface area contributed by atoms with Crippen LogP contribution < -0.4 is 4.35 Å². The maximum atomic E-state index is 10.5. The Morgan fingerprint density at radius 2 is 1.92 bits per heavy atom. The number of carboxylic acids is 1. The molecule has 1 atom stereocenters. The van der Waals surface area contributed by atoms with Gasteiger partial charge in [-0.15, -0.1) is 0 Å². The van der Waals surface area contributed by atoms with Crippen LogP contribution in [-0.4, -0.2) is 22.4 Å². The van der Waals surface area contributed by atoms with E-state index in [0.29, 0.717) is 5.56 Å². The standard InChI is InChI=1S/C8H8AsIO2/c1-9(10)7-4-2-6(3-5-7)8(11)12/h2-5H,1H3,(H,11,12). The predicted octanol–water partition coefficient (Wildman–Crippen LogP) is 1.65. The Morgan fingerprint density at radius 3 is 2.25 bits per heavy atom. The minimum atomic E-state index is -0.865. The van der Waals surface area contributed by atoms with Gasteiger partial charge < -0.3 is 0 Å². The summed E-state index contributed by atoms with van der Waals surface area (Å²) in [6, 6.07) is 7.16. The van der Waals surface area contributed by atoms with Crippen LogP contribution in [0.15, 0.2) is 24.3 Å². The molecule has 0 bridgehead atoms. The predicted molar refractivity (Wildman–Crippen MR) is 58.7 cm³/mol. The van der Waals surface area contributed by atoms with Gasteiger partial charge in [-0.25, -0.2) is 0 Å². The second-order valence-corrected chi connectivity index (χ2v) is 12.9. The fourth-order valence-corrected chi connectivity index (χ4v) is 3.66. The van der Waals surface area contributed by atoms with Crippen molar-refractivity contribution in [3.05, 3.63) is 29.8 Å². The maximum absolute atomic E-state index is 10.5. The fourth-order valence-electron chi connectivity index (χ4n) is 0.809. The third kappa shape index (κ3) is 2.49. The van der Waals surface area contributed by atoms with Crippen molar-refractivity contribution in [1.82, 2.24) is 0 Å². The third-order valence-corrected chi connectivity index (χ3v) is 6.48. The van der Waals surface area contributed by atoms with E-state index in [1.54, 1.807) is 12.1 Å². The number of benzene rings is 1. The van der Waals surface area contributed by atoms with Crippen molar-refractivity contribution in [3.8, 4) is 0 Å². The van der Waals surface area contributed by atoms with E-state index in [1.165, 1.54) is 4.35 Å². The van der Waals surface area contributed by atoms with Crippen LogP contribution in [0, 0.1) is 0 Å². The summed E-state index contributed by atoms with van der Waals surface area (Å²) < 4.78 is 1.30. The second-order valence-electron chi connectivity index (χ2n) is 2.33. The molecule has 0 aliphatic heterocycles. The van der Waals surface area contributed by atoms with E-state index in [1.807, 2.05) is 12.1 Å². The summed E-state index contributed by atoms with van der Waals surface area (Å²) in [4.78, 5) is 10.5. The summed E-state index contributed by atoms with van der Waals surface area (Å²) in [7, 11) is 0. The molecule has 12 heavy (non-hydrogen) atoms. The van der Waals surface area contributed by atoms with E-state index in [9.17, 15) is 4.79 Å². The van der Waals surface area contributed by atoms with Crippen LogP contribution in [0.2, 0.25) is 5.71 Å². The Balaban J connectivity index is 2.93. The molecule has 0 radical (unpaired) electrons. The van der Waals surface area contributed by atoms with Gasteiger partial charge in [-0.2, -0.15) is 0 Å². The molecule has 1 unspecified atom stereocenters. The molecule has 1 N–H and O–H groups in total. The molecule has 0 aliphatic rings. The topological polar surface area (TPSA) is 37.3 Å². The SMILES string of the molecule is C[As](I)c1ccc(C(=O)O)cc1. The molecule has 0 aromatic heterocycles. The summed E-state index contributed by atoms with van der Waals surface area (Å²) in [6.07, 6.45) is 0. The van der Waals surface area contributed by atoms with E-state index in [2.05, 4.69) is 25.8 Å². The Hall–Kier alpha value is -0.0216. The minimum absolute atomic E-state index is 0.367. The number of carboxylic acid groups (broad SMARTS) is 1. The molecule has 0 heterocycles. The molecule has 0 amide bonds. The first-order chi connectivity index (χ1) is 5.61. The monoisotopic (exact) mass is 338 g/mol. The van der Waals surface area contributed by atoms with Gasteiger partial charge in [0.2, 0.25) is 0 Å². The zero-order valence-electron chi connectivity index (χ0n) is 6.49. The van der Waals surface area contributed by atoms with Crippen molar-refractivity contribution in [3.63, 3.8) is 0 Å². The molecule has 2 nitrogen and oxygen atoms in total. The van der Waals surface area contributed by atoms with Crippen molar-refractivity contribution in [2.75, 3.05) is 0 Å². The van der Waals surface area contributed by atoms with Gasteiger partial charge in [0, 0.05) is 0 Å². The van der Waals surface area contributed by atoms with Gasteiger partial charge >= 0.3 is 87.2 Å². The quantitative estimate of drug-likeness (QED) is 0.658. The zero-order valence-corrected chi connectivity index (χ0v) is 10.5. The fraction of sp³-hybridized carbons (Fsp3) is 0.125. The first-order valence-corrected chi connectivity index (χ1v) is 11.9. The van der Waals surface area contributed by atoms with Crippen molar-refractivity contribution in [2.24, 2.45) is 0 Å². The molecular weight excluding hydrogens is 330 g/mol. The number of aromatic carboxylic acids is 1. The Morgan fingerprint density at radius 1 is 1.42 bits per heavy atom. The van der Waals surface area contributed by atoms with Gasteiger partial charge in [-0.3, -0.25) is 0 Å². The molecular formula is C8H8AsIO2. The Bertz CT molecular complexity index is 282. The van der Waals surface area contributed by atoms with Gasteiger partial charge in [0.05, 0.1) is 0 Å². The first kappa shape index (κ1) is 10.1. The van der Waals surface area contributed by atoms with Gasteiger partial charge in [0.1, 0.15) is 0 Å². The summed E-state index contributed by atoms with van der Waals surface area (Å²) in [5.74, 6) is -0.856. The normalized spacial score (nSPS) is 12.5. The summed E-state index contributed by atoms with van der Waals surface area (Å²) >= 11 is 1.57. The molecule has 4 heteroatoms. The number of hydrogen-bond acceptors (Lipinski definition) is 1. The van der Waals surface area contributed by atoms with E-state index >= 15 is 0 Å². The first-order valence-electron chi connectivity index (χ1n) is 3.34. The van der Waals surface area contributed by atoms with Gasteiger partial charge in [0.15, 0.2) is 0 Å². The molecule has 1 aromatic rings. The molecule has 0 spiro atoms. The van der Waals surface area contributed by atoms with Crippen LogP contribution in [-0.2, 0) is 0 Å². The van der Waals surface area contributed by atoms with Crippen molar-refractivity contribution in [1.29, 1.82) is 0 Å². The number of carbonyl (C=O) groups is 1. The van der Waals surface area contributed by atoms with Crippen molar-refractivity contribution < 1.29 is 9.90 Å². The van der Waals surface area contributed by atoms with Gasteiger partial charge in [-0.05, 0) is 0 Å². The average molecular weight is 338 g/mol. The summed E-state index contributed by atoms with van der Waals surface area (Å²) in [6.45, 7) is 0. The van der Waals surface area contributed by atoms with Crippen LogP contribution in [0.4, 0.5) is 0 Å². The van der Waals surface area contributed by atoms with Crippen molar-refractivity contribution >= 4 is 41.8 Å². The molecule has 0 saturated carbocycles. The van der Waals surface area contributed by atoms with Gasteiger partial charge in [-0.1, -0.05) is 0 Å². The van der Waals surface area contributed by atoms with Gasteiger partial charge in [0.25, 0.3) is 0 Å². The van der Waals surface area contributed by atoms with Crippen LogP contribution in [0.1, 0.15) is 10.4 Å². The third-order valence-electron chi connectivity index (χ3n) is 1.47. The number of hydrogen-bond donors (Lipinski definition) is 1. The second kappa shape index (κ2) is 4.28. The van der Waals surface area contributed by atoms with Crippen LogP contribution in [0.3, 0.4) is 0 Å². The molecule has 0 saturated heterocycles. The van der Waals surface area contributed by atoms with E-state index < -0.39 is 17.3 Å². The Kier molecular flexibility index (Phi) is 3.59. The molecule has 0 aliphatic carbocycles. The number of rotatable bonds is 2. The van der Waals surface area contributed by atoms with Crippen LogP contribution in [0.25, 0.3) is 0 Å². The van der Waals surface area contributed by atoms with Crippen molar-refractivity contribution in [2.45, 2.75) is 5.71 Å². The molecule has 0 fully saturated rings. The van der Waals surface area contributed by atoms with E-state index in [-0.39, 0.29) is 0 Å². The zero-order chi connectivity index (χ0) is 9.14. The summed E-state index contributed by atoms with van der Waals surface area (Å²) in [5, 5.41) is 8.62. The molecule has 64 valence electrons. The molecule has 1 aromatic carbocycles. The van der Waals surface area contributed by atoms with E-state index in [0.717, 1.165) is 0 Å². The van der Waals surface area contributed by atoms with Crippen LogP contribution in [0.5, 0.6) is 0 Å². The average Bonchev–Trinajstić information content (AvgIpc) is 2.04. The molecule has 1 rings (SSSR count). The summed E-state index contributed by atoms with van der Waals surface area (Å²) in [5.41, 5.74) is 2.58. The number of halogens is 1.